The van der Waals surface area contributed by atoms with Gasteiger partial charge in [0.05, 0.1) is 16.6 Å². The summed E-state index contributed by atoms with van der Waals surface area (Å²) in [7, 11) is 0. The second-order valence-corrected chi connectivity index (χ2v) is 7.12. The minimum atomic E-state index is -0.949. The molecule has 0 aliphatic carbocycles. The van der Waals surface area contributed by atoms with Gasteiger partial charge in [-0.1, -0.05) is 17.7 Å². The Morgan fingerprint density at radius 3 is 2.52 bits per heavy atom. The van der Waals surface area contributed by atoms with Gasteiger partial charge in [0.1, 0.15) is 5.60 Å². The number of carboxylic acid groups (broad SMARTS) is 1. The number of anilines is 1. The molecule has 23 heavy (non-hydrogen) atoms. The molecule has 1 aromatic rings. The normalized spacial score (nSPS) is 21.3. The van der Waals surface area contributed by atoms with E-state index in [1.807, 2.05) is 0 Å². The van der Waals surface area contributed by atoms with Gasteiger partial charge in [-0.15, -0.1) is 0 Å². The maximum absolute atomic E-state index is 12.2. The second kappa shape index (κ2) is 6.28. The van der Waals surface area contributed by atoms with Crippen molar-refractivity contribution in [1.29, 1.82) is 0 Å². The fraction of sp³-hybridized carbons (Fsp3) is 0.500. The first-order valence-corrected chi connectivity index (χ1v) is 7.72. The van der Waals surface area contributed by atoms with Gasteiger partial charge in [-0.3, -0.25) is 4.79 Å². The van der Waals surface area contributed by atoms with E-state index in [0.29, 0.717) is 10.7 Å². The van der Waals surface area contributed by atoms with Gasteiger partial charge in [-0.05, 0) is 38.5 Å². The number of halogens is 1. The SMILES string of the molecule is CC(C)(C)OC(=O)N1CC(C(=O)O)C(c2ccc(Cl)c(N)c2)C1. The Hall–Kier alpha value is -1.95. The number of rotatable bonds is 2. The van der Waals surface area contributed by atoms with Gasteiger partial charge in [0.25, 0.3) is 0 Å². The standard InChI is InChI=1S/C16H21ClN2O4/c1-16(2,3)23-15(22)19-7-10(11(8-19)14(20)21)9-4-5-12(17)13(18)6-9/h4-6,10-11H,7-8,18H2,1-3H3,(H,20,21). The smallest absolute Gasteiger partial charge is 0.410 e. The monoisotopic (exact) mass is 340 g/mol. The van der Waals surface area contributed by atoms with Gasteiger partial charge in [0, 0.05) is 19.0 Å². The lowest BCUT2D eigenvalue weighted by Crippen LogP contribution is -2.35. The Morgan fingerprint density at radius 2 is 2.00 bits per heavy atom. The van der Waals surface area contributed by atoms with Crippen LogP contribution in [0.5, 0.6) is 0 Å². The number of aliphatic carboxylic acids is 1. The fourth-order valence-corrected chi connectivity index (χ4v) is 2.78. The van der Waals surface area contributed by atoms with Crippen molar-refractivity contribution in [2.45, 2.75) is 32.3 Å². The van der Waals surface area contributed by atoms with E-state index in [9.17, 15) is 14.7 Å². The quantitative estimate of drug-likeness (QED) is 0.807. The molecule has 0 saturated carbocycles. The summed E-state index contributed by atoms with van der Waals surface area (Å²) < 4.78 is 5.33. The summed E-state index contributed by atoms with van der Waals surface area (Å²) in [6.07, 6.45) is -0.506. The molecule has 1 amide bonds. The third-order valence-corrected chi connectivity index (χ3v) is 4.08. The van der Waals surface area contributed by atoms with Crippen molar-refractivity contribution in [3.05, 3.63) is 28.8 Å². The van der Waals surface area contributed by atoms with Crippen LogP contribution < -0.4 is 5.73 Å². The van der Waals surface area contributed by atoms with Crippen molar-refractivity contribution in [1.82, 2.24) is 4.90 Å². The third-order valence-electron chi connectivity index (χ3n) is 3.74. The maximum atomic E-state index is 12.2. The number of amides is 1. The van der Waals surface area contributed by atoms with Gasteiger partial charge in [0.15, 0.2) is 0 Å². The molecule has 0 aromatic heterocycles. The molecule has 3 N–H and O–H groups in total. The van der Waals surface area contributed by atoms with Gasteiger partial charge in [-0.25, -0.2) is 4.79 Å². The molecular weight excluding hydrogens is 320 g/mol. The van der Waals surface area contributed by atoms with E-state index in [4.69, 9.17) is 22.1 Å². The van der Waals surface area contributed by atoms with E-state index >= 15 is 0 Å². The molecule has 1 fully saturated rings. The summed E-state index contributed by atoms with van der Waals surface area (Å²) in [6.45, 7) is 5.69. The highest BCUT2D eigenvalue weighted by molar-refractivity contribution is 6.33. The van der Waals surface area contributed by atoms with E-state index in [2.05, 4.69) is 0 Å². The van der Waals surface area contributed by atoms with E-state index in [1.165, 1.54) is 4.90 Å². The minimum absolute atomic E-state index is 0.109. The van der Waals surface area contributed by atoms with Crippen LogP contribution in [-0.2, 0) is 9.53 Å². The highest BCUT2D eigenvalue weighted by Crippen LogP contribution is 2.35. The summed E-state index contributed by atoms with van der Waals surface area (Å²) in [5, 5.41) is 9.88. The lowest BCUT2D eigenvalue weighted by Gasteiger charge is -2.24. The largest absolute Gasteiger partial charge is 0.481 e. The number of likely N-dealkylation sites (tertiary alicyclic amines) is 1. The first-order valence-electron chi connectivity index (χ1n) is 7.34. The topological polar surface area (TPSA) is 92.9 Å². The number of carbonyl (C=O) groups is 2. The van der Waals surface area contributed by atoms with E-state index in [-0.39, 0.29) is 19.0 Å². The zero-order valence-electron chi connectivity index (χ0n) is 13.4. The summed E-state index contributed by atoms with van der Waals surface area (Å²) in [6, 6.07) is 5.06. The molecule has 0 radical (unpaired) electrons. The average molecular weight is 341 g/mol. The number of nitrogens with two attached hydrogens (primary N) is 1. The summed E-state index contributed by atoms with van der Waals surface area (Å²) in [4.78, 5) is 25.2. The lowest BCUT2D eigenvalue weighted by atomic mass is 9.89. The van der Waals surface area contributed by atoms with Gasteiger partial charge < -0.3 is 20.5 Å². The van der Waals surface area contributed by atoms with Crippen molar-refractivity contribution in [3.8, 4) is 0 Å². The fourth-order valence-electron chi connectivity index (χ4n) is 2.66. The Bertz CT molecular complexity index is 627. The van der Waals surface area contributed by atoms with E-state index in [1.54, 1.807) is 39.0 Å². The van der Waals surface area contributed by atoms with Crippen LogP contribution in [0.1, 0.15) is 32.3 Å². The van der Waals surface area contributed by atoms with Crippen LogP contribution in [0.3, 0.4) is 0 Å². The molecule has 0 spiro atoms. The molecule has 1 aliphatic heterocycles. The predicted molar refractivity (Wildman–Crippen MR) is 87.5 cm³/mol. The Balaban J connectivity index is 2.23. The highest BCUT2D eigenvalue weighted by Gasteiger charge is 2.41. The molecule has 126 valence electrons. The van der Waals surface area contributed by atoms with Crippen LogP contribution in [-0.4, -0.2) is 40.8 Å². The molecule has 2 atom stereocenters. The first-order chi connectivity index (χ1) is 10.6. The number of hydrogen-bond donors (Lipinski definition) is 2. The van der Waals surface area contributed by atoms with Crippen LogP contribution in [0.2, 0.25) is 5.02 Å². The van der Waals surface area contributed by atoms with Gasteiger partial charge in [0.2, 0.25) is 0 Å². The Labute approximate surface area is 140 Å². The summed E-state index contributed by atoms with van der Waals surface area (Å²) in [5.41, 5.74) is 6.32. The number of nitrogens with zero attached hydrogens (tertiary/aromatic N) is 1. The van der Waals surface area contributed by atoms with E-state index in [0.717, 1.165) is 5.56 Å². The maximum Gasteiger partial charge on any atom is 0.410 e. The van der Waals surface area contributed by atoms with Crippen LogP contribution in [0.15, 0.2) is 18.2 Å². The Kier molecular flexibility index (Phi) is 4.75. The molecule has 1 heterocycles. The number of carboxylic acids is 1. The Morgan fingerprint density at radius 1 is 1.35 bits per heavy atom. The highest BCUT2D eigenvalue weighted by atomic mass is 35.5. The summed E-state index contributed by atoms with van der Waals surface area (Å²) >= 11 is 5.91. The number of benzene rings is 1. The average Bonchev–Trinajstić information content (AvgIpc) is 2.85. The van der Waals surface area contributed by atoms with Crippen molar-refractivity contribution in [3.63, 3.8) is 0 Å². The van der Waals surface area contributed by atoms with Crippen LogP contribution in [0.4, 0.5) is 10.5 Å². The molecular formula is C16H21ClN2O4. The first kappa shape index (κ1) is 17.4. The lowest BCUT2D eigenvalue weighted by molar-refractivity contribution is -0.141. The molecule has 1 aliphatic rings. The minimum Gasteiger partial charge on any atom is -0.481 e. The molecule has 1 saturated heterocycles. The number of nitrogen functional groups attached to an aromatic ring is 1. The summed E-state index contributed by atoms with van der Waals surface area (Å²) in [5.74, 6) is -2.00. The van der Waals surface area contributed by atoms with Crippen molar-refractivity contribution in [2.24, 2.45) is 5.92 Å². The molecule has 2 rings (SSSR count). The van der Waals surface area contributed by atoms with Crippen molar-refractivity contribution < 1.29 is 19.4 Å². The molecule has 0 bridgehead atoms. The number of carbonyl (C=O) groups excluding carboxylic acids is 1. The van der Waals surface area contributed by atoms with Crippen LogP contribution in [0.25, 0.3) is 0 Å². The van der Waals surface area contributed by atoms with Crippen LogP contribution >= 0.6 is 11.6 Å². The van der Waals surface area contributed by atoms with Gasteiger partial charge >= 0.3 is 12.1 Å². The molecule has 6 nitrogen and oxygen atoms in total. The number of ether oxygens (including phenoxy) is 1. The zero-order valence-corrected chi connectivity index (χ0v) is 14.1. The third kappa shape index (κ3) is 4.07. The van der Waals surface area contributed by atoms with Crippen LogP contribution in [0, 0.1) is 5.92 Å². The predicted octanol–water partition coefficient (Wildman–Crippen LogP) is 2.96. The van der Waals surface area contributed by atoms with Gasteiger partial charge in [-0.2, -0.15) is 0 Å². The second-order valence-electron chi connectivity index (χ2n) is 6.72. The van der Waals surface area contributed by atoms with Crippen molar-refractivity contribution >= 4 is 29.4 Å². The molecule has 7 heteroatoms. The van der Waals surface area contributed by atoms with E-state index < -0.39 is 23.6 Å². The van der Waals surface area contributed by atoms with Crippen molar-refractivity contribution in [2.75, 3.05) is 18.8 Å². The molecule has 1 aromatic carbocycles. The zero-order chi connectivity index (χ0) is 17.4. The number of hydrogen-bond acceptors (Lipinski definition) is 4. The molecule has 2 unspecified atom stereocenters.